The molecule has 0 aliphatic carbocycles. The Morgan fingerprint density at radius 3 is 0.978 bits per heavy atom. The molecule has 0 saturated heterocycles. The topological polar surface area (TPSA) is 6.48 Å². The number of hydrogen-bond donors (Lipinski definition) is 0. The van der Waals surface area contributed by atoms with Crippen LogP contribution in [-0.2, 0) is 0 Å². The summed E-state index contributed by atoms with van der Waals surface area (Å²) < 4.78 is 0. The Hall–Kier alpha value is -0.660. The van der Waals surface area contributed by atoms with Gasteiger partial charge in [-0.2, -0.15) is 0 Å². The zero-order chi connectivity index (χ0) is 32.5. The van der Waals surface area contributed by atoms with Crippen LogP contribution in [0.5, 0.6) is 0 Å². The van der Waals surface area contributed by atoms with Gasteiger partial charge in [-0.1, -0.05) is 213 Å². The molecule has 0 amide bonds. The van der Waals surface area contributed by atoms with E-state index in [0.717, 1.165) is 0 Å². The Morgan fingerprint density at radius 2 is 0.667 bits per heavy atom. The molecule has 0 radical (unpaired) electrons. The van der Waals surface area contributed by atoms with E-state index < -0.39 is 0 Å². The molecule has 0 aromatic heterocycles. The van der Waals surface area contributed by atoms with Crippen molar-refractivity contribution in [2.75, 3.05) is 6.54 Å². The molecule has 0 fully saturated rings. The average molecular weight is 631 g/mol. The number of hydrogen-bond acceptors (Lipinski definition) is 2. The average Bonchev–Trinajstić information content (AvgIpc) is 3.45. The molecule has 45 heavy (non-hydrogen) atoms. The summed E-state index contributed by atoms with van der Waals surface area (Å²) in [6, 6.07) is 0.604. The quantitative estimate of drug-likeness (QED) is 0.0635. The van der Waals surface area contributed by atoms with E-state index in [4.69, 9.17) is 0 Å². The second kappa shape index (κ2) is 33.2. The summed E-state index contributed by atoms with van der Waals surface area (Å²) in [6.45, 7) is 10.6. The molecule has 2 nitrogen and oxygen atoms in total. The van der Waals surface area contributed by atoms with Crippen molar-refractivity contribution < 1.29 is 0 Å². The van der Waals surface area contributed by atoms with Crippen LogP contribution < -0.4 is 0 Å². The van der Waals surface area contributed by atoms with Gasteiger partial charge in [-0.15, -0.1) is 0 Å². The van der Waals surface area contributed by atoms with E-state index in [0.29, 0.717) is 12.2 Å². The van der Waals surface area contributed by atoms with Gasteiger partial charge in [-0.05, 0) is 33.1 Å². The SMILES string of the molecule is CCCCCCCCCCCCCCCCCCCC1N(CCCCCCCCCCCCCCCCCC)C=CN1C(C)C. The molecule has 1 aliphatic rings. The first-order valence-electron chi connectivity index (χ1n) is 21.4. The van der Waals surface area contributed by atoms with E-state index in [9.17, 15) is 0 Å². The van der Waals surface area contributed by atoms with Crippen LogP contribution in [0.2, 0.25) is 0 Å². The highest BCUT2D eigenvalue weighted by Gasteiger charge is 2.26. The first-order chi connectivity index (χ1) is 22.2. The fraction of sp³-hybridized carbons (Fsp3) is 0.953. The lowest BCUT2D eigenvalue weighted by Gasteiger charge is -2.35. The van der Waals surface area contributed by atoms with Crippen molar-refractivity contribution in [2.24, 2.45) is 0 Å². The highest BCUT2D eigenvalue weighted by atomic mass is 15.4. The fourth-order valence-corrected chi connectivity index (χ4v) is 7.48. The summed E-state index contributed by atoms with van der Waals surface area (Å²) in [5.74, 6) is 0. The molecule has 1 heterocycles. The summed E-state index contributed by atoms with van der Waals surface area (Å²) in [5, 5.41) is 0. The second-order valence-corrected chi connectivity index (χ2v) is 15.3. The molecule has 0 saturated carbocycles. The first kappa shape index (κ1) is 42.4. The Balaban J connectivity index is 1.95. The molecule has 0 aromatic carbocycles. The normalized spacial score (nSPS) is 14.9. The number of unbranched alkanes of at least 4 members (excludes halogenated alkanes) is 31. The highest BCUT2D eigenvalue weighted by molar-refractivity contribution is 4.98. The lowest BCUT2D eigenvalue weighted by atomic mass is 10.0. The van der Waals surface area contributed by atoms with E-state index in [1.807, 2.05) is 0 Å². The van der Waals surface area contributed by atoms with Gasteiger partial charge in [0.2, 0.25) is 0 Å². The molecule has 1 aliphatic heterocycles. The van der Waals surface area contributed by atoms with E-state index >= 15 is 0 Å². The lowest BCUT2D eigenvalue weighted by Crippen LogP contribution is -2.42. The maximum atomic E-state index is 2.68. The van der Waals surface area contributed by atoms with Gasteiger partial charge in [-0.3, -0.25) is 0 Å². The minimum Gasteiger partial charge on any atom is -0.356 e. The van der Waals surface area contributed by atoms with E-state index in [-0.39, 0.29) is 0 Å². The number of rotatable bonds is 36. The summed E-state index contributed by atoms with van der Waals surface area (Å²) >= 11 is 0. The maximum absolute atomic E-state index is 2.68. The molecule has 0 aromatic rings. The van der Waals surface area contributed by atoms with Gasteiger partial charge in [0.15, 0.2) is 0 Å². The first-order valence-corrected chi connectivity index (χ1v) is 21.4. The third kappa shape index (κ3) is 26.0. The van der Waals surface area contributed by atoms with Gasteiger partial charge in [0.05, 0.1) is 0 Å². The summed E-state index contributed by atoms with van der Waals surface area (Å²) in [6.07, 6.45) is 54.7. The van der Waals surface area contributed by atoms with Gasteiger partial charge >= 0.3 is 0 Å². The maximum Gasteiger partial charge on any atom is 0.101 e. The van der Waals surface area contributed by atoms with Crippen LogP contribution in [0.4, 0.5) is 0 Å². The van der Waals surface area contributed by atoms with Gasteiger partial charge in [-0.25, -0.2) is 0 Å². The van der Waals surface area contributed by atoms with Crippen LogP contribution in [0, 0.1) is 0 Å². The third-order valence-corrected chi connectivity index (χ3v) is 10.6. The Morgan fingerprint density at radius 1 is 0.378 bits per heavy atom. The fourth-order valence-electron chi connectivity index (χ4n) is 7.48. The van der Waals surface area contributed by atoms with Gasteiger partial charge < -0.3 is 9.80 Å². The Labute approximate surface area is 286 Å². The zero-order valence-electron chi connectivity index (χ0n) is 32.0. The molecule has 1 rings (SSSR count). The van der Waals surface area contributed by atoms with Crippen molar-refractivity contribution in [1.29, 1.82) is 0 Å². The smallest absolute Gasteiger partial charge is 0.101 e. The molecular weight excluding hydrogens is 544 g/mol. The molecule has 1 atom stereocenters. The van der Waals surface area contributed by atoms with Crippen molar-refractivity contribution in [3.63, 3.8) is 0 Å². The standard InChI is InChI=1S/C43H86N2/c1-5-7-9-11-13-15-17-19-21-23-24-26-28-30-32-34-36-38-43-44(40-41-45(43)42(3)4)39-37-35-33-31-29-27-25-22-20-18-16-14-12-10-8-6-2/h40-43H,5-39H2,1-4H3. The molecule has 2 heteroatoms. The van der Waals surface area contributed by atoms with E-state index in [1.54, 1.807) is 0 Å². The largest absolute Gasteiger partial charge is 0.356 e. The van der Waals surface area contributed by atoms with Crippen LogP contribution in [-0.4, -0.2) is 28.6 Å². The van der Waals surface area contributed by atoms with Gasteiger partial charge in [0.1, 0.15) is 6.17 Å². The predicted molar refractivity (Wildman–Crippen MR) is 205 cm³/mol. The highest BCUT2D eigenvalue weighted by Crippen LogP contribution is 2.25. The van der Waals surface area contributed by atoms with E-state index in [2.05, 4.69) is 49.9 Å². The van der Waals surface area contributed by atoms with Crippen LogP contribution in [0.1, 0.15) is 246 Å². The minimum atomic E-state index is 0.604. The van der Waals surface area contributed by atoms with E-state index in [1.165, 1.54) is 225 Å². The Bertz CT molecular complexity index is 599. The van der Waals surface area contributed by atoms with Gasteiger partial charge in [0.25, 0.3) is 0 Å². The molecule has 0 N–H and O–H groups in total. The molecule has 0 spiro atoms. The van der Waals surface area contributed by atoms with Crippen molar-refractivity contribution in [2.45, 2.75) is 258 Å². The molecule has 1 unspecified atom stereocenters. The molecular formula is C43H86N2. The van der Waals surface area contributed by atoms with Gasteiger partial charge in [0, 0.05) is 25.0 Å². The monoisotopic (exact) mass is 631 g/mol. The van der Waals surface area contributed by atoms with Crippen molar-refractivity contribution in [1.82, 2.24) is 9.80 Å². The lowest BCUT2D eigenvalue weighted by molar-refractivity contribution is 0.114. The van der Waals surface area contributed by atoms with Crippen LogP contribution in [0.3, 0.4) is 0 Å². The number of nitrogens with zero attached hydrogens (tertiary/aromatic N) is 2. The minimum absolute atomic E-state index is 0.604. The van der Waals surface area contributed by atoms with Crippen LogP contribution >= 0.6 is 0 Å². The zero-order valence-corrected chi connectivity index (χ0v) is 32.0. The summed E-state index contributed by atoms with van der Waals surface area (Å²) in [7, 11) is 0. The Kier molecular flexibility index (Phi) is 31.3. The molecule has 0 bridgehead atoms. The third-order valence-electron chi connectivity index (χ3n) is 10.6. The van der Waals surface area contributed by atoms with Crippen molar-refractivity contribution in [3.05, 3.63) is 12.4 Å². The van der Waals surface area contributed by atoms with Crippen LogP contribution in [0.25, 0.3) is 0 Å². The summed E-state index contributed by atoms with van der Waals surface area (Å²) in [4.78, 5) is 5.30. The van der Waals surface area contributed by atoms with Crippen molar-refractivity contribution in [3.8, 4) is 0 Å². The predicted octanol–water partition coefficient (Wildman–Crippen LogP) is 15.1. The summed E-state index contributed by atoms with van der Waals surface area (Å²) in [5.41, 5.74) is 0. The van der Waals surface area contributed by atoms with Crippen molar-refractivity contribution >= 4 is 0 Å². The molecule has 268 valence electrons. The second-order valence-electron chi connectivity index (χ2n) is 15.3. The van der Waals surface area contributed by atoms with Crippen LogP contribution in [0.15, 0.2) is 12.4 Å².